The van der Waals surface area contributed by atoms with Crippen molar-refractivity contribution in [2.75, 3.05) is 33.9 Å². The highest BCUT2D eigenvalue weighted by molar-refractivity contribution is 5.95. The molecule has 1 fully saturated rings. The fourth-order valence-corrected chi connectivity index (χ4v) is 3.17. The van der Waals surface area contributed by atoms with Crippen LogP contribution in [-0.4, -0.2) is 54.9 Å². The van der Waals surface area contributed by atoms with Gasteiger partial charge in [-0.15, -0.1) is 0 Å². The zero-order valence-electron chi connectivity index (χ0n) is 15.9. The molecule has 0 saturated carbocycles. The largest absolute Gasteiger partial charge is 0.497 e. The molecule has 1 saturated heterocycles. The molecule has 1 amide bonds. The minimum absolute atomic E-state index is 0.0503. The Kier molecular flexibility index (Phi) is 6.28. The molecular weight excluding hydrogens is 350 g/mol. The van der Waals surface area contributed by atoms with Crippen LogP contribution in [0, 0.1) is 0 Å². The summed E-state index contributed by atoms with van der Waals surface area (Å²) in [6.07, 6.45) is 1.80. The van der Waals surface area contributed by atoms with Gasteiger partial charge in [-0.25, -0.2) is 0 Å². The number of methoxy groups -OCH3 is 2. The number of likely N-dealkylation sites (tertiary alicyclic amines) is 1. The number of piperidine rings is 1. The molecule has 1 aliphatic heterocycles. The van der Waals surface area contributed by atoms with Crippen LogP contribution < -0.4 is 9.47 Å². The number of nitrogens with zero attached hydrogens (tertiary/aromatic N) is 3. The van der Waals surface area contributed by atoms with Crippen molar-refractivity contribution < 1.29 is 23.5 Å². The molecule has 1 unspecified atom stereocenters. The normalized spacial score (nSPS) is 17.0. The zero-order chi connectivity index (χ0) is 19.2. The van der Waals surface area contributed by atoms with Gasteiger partial charge in [0.2, 0.25) is 0 Å². The van der Waals surface area contributed by atoms with Gasteiger partial charge in [0.1, 0.15) is 18.1 Å². The van der Waals surface area contributed by atoms with E-state index in [4.69, 9.17) is 18.7 Å². The monoisotopic (exact) mass is 375 g/mol. The molecule has 2 heterocycles. The maximum Gasteiger partial charge on any atom is 0.254 e. The third-order valence-electron chi connectivity index (χ3n) is 4.59. The van der Waals surface area contributed by atoms with E-state index in [0.29, 0.717) is 55.1 Å². The molecule has 3 rings (SSSR count). The third-order valence-corrected chi connectivity index (χ3v) is 4.59. The predicted octanol–water partition coefficient (Wildman–Crippen LogP) is 2.64. The van der Waals surface area contributed by atoms with Crippen molar-refractivity contribution in [2.24, 2.45) is 0 Å². The number of aromatic nitrogens is 2. The number of hydrogen-bond acceptors (Lipinski definition) is 7. The van der Waals surface area contributed by atoms with Gasteiger partial charge in [-0.05, 0) is 31.9 Å². The van der Waals surface area contributed by atoms with E-state index >= 15 is 0 Å². The lowest BCUT2D eigenvalue weighted by Crippen LogP contribution is -2.39. The van der Waals surface area contributed by atoms with Crippen LogP contribution in [0.15, 0.2) is 22.7 Å². The number of ether oxygens (including phenoxy) is 3. The Labute approximate surface area is 158 Å². The number of carbonyl (C=O) groups is 1. The fourth-order valence-electron chi connectivity index (χ4n) is 3.17. The predicted molar refractivity (Wildman–Crippen MR) is 97.1 cm³/mol. The van der Waals surface area contributed by atoms with Gasteiger partial charge in [-0.3, -0.25) is 4.79 Å². The van der Waals surface area contributed by atoms with E-state index in [1.54, 1.807) is 32.4 Å². The minimum Gasteiger partial charge on any atom is -0.497 e. The lowest BCUT2D eigenvalue weighted by atomic mass is 9.96. The van der Waals surface area contributed by atoms with Gasteiger partial charge < -0.3 is 23.6 Å². The van der Waals surface area contributed by atoms with Gasteiger partial charge in [-0.2, -0.15) is 4.98 Å². The Bertz CT molecular complexity index is 754. The highest BCUT2D eigenvalue weighted by Crippen LogP contribution is 2.28. The summed E-state index contributed by atoms with van der Waals surface area (Å²) in [5, 5.41) is 4.07. The Balaban J connectivity index is 1.72. The Morgan fingerprint density at radius 1 is 1.26 bits per heavy atom. The van der Waals surface area contributed by atoms with Crippen LogP contribution in [0.4, 0.5) is 0 Å². The molecular formula is C19H25N3O5. The lowest BCUT2D eigenvalue weighted by Gasteiger charge is -2.31. The van der Waals surface area contributed by atoms with Crippen molar-refractivity contribution in [3.8, 4) is 11.5 Å². The van der Waals surface area contributed by atoms with Crippen LogP contribution in [0.3, 0.4) is 0 Å². The summed E-state index contributed by atoms with van der Waals surface area (Å²) in [5.74, 6) is 2.26. The van der Waals surface area contributed by atoms with Gasteiger partial charge in [-0.1, -0.05) is 5.16 Å². The van der Waals surface area contributed by atoms with Gasteiger partial charge in [0.05, 0.1) is 14.2 Å². The molecule has 0 spiro atoms. The van der Waals surface area contributed by atoms with E-state index in [0.717, 1.165) is 12.8 Å². The molecule has 0 aliphatic carbocycles. The topological polar surface area (TPSA) is 86.9 Å². The smallest absolute Gasteiger partial charge is 0.254 e. The summed E-state index contributed by atoms with van der Waals surface area (Å²) in [7, 11) is 3.13. The molecule has 2 aromatic rings. The first kappa shape index (κ1) is 19.2. The molecule has 1 aromatic heterocycles. The molecule has 27 heavy (non-hydrogen) atoms. The SMILES string of the molecule is CCOCc1nc(C2CCCN(C(=O)c3cc(OC)cc(OC)c3)C2)no1. The molecule has 8 nitrogen and oxygen atoms in total. The molecule has 0 radical (unpaired) electrons. The first-order valence-corrected chi connectivity index (χ1v) is 9.07. The zero-order valence-corrected chi connectivity index (χ0v) is 15.9. The van der Waals surface area contributed by atoms with Crippen molar-refractivity contribution in [1.29, 1.82) is 0 Å². The molecule has 146 valence electrons. The van der Waals surface area contributed by atoms with Crippen LogP contribution in [0.5, 0.6) is 11.5 Å². The Morgan fingerprint density at radius 2 is 2.00 bits per heavy atom. The standard InChI is InChI=1S/C19H25N3O5/c1-4-26-12-17-20-18(21-27-17)13-6-5-7-22(11-13)19(23)14-8-15(24-2)10-16(9-14)25-3/h8-10,13H,4-7,11-12H2,1-3H3. The van der Waals surface area contributed by atoms with Crippen molar-refractivity contribution in [1.82, 2.24) is 15.0 Å². The molecule has 1 atom stereocenters. The van der Waals surface area contributed by atoms with E-state index in [-0.39, 0.29) is 11.8 Å². The first-order chi connectivity index (χ1) is 13.1. The fraction of sp³-hybridized carbons (Fsp3) is 0.526. The van der Waals surface area contributed by atoms with E-state index in [1.807, 2.05) is 11.8 Å². The van der Waals surface area contributed by atoms with Crippen LogP contribution in [0.25, 0.3) is 0 Å². The summed E-state index contributed by atoms with van der Waals surface area (Å²) in [5.41, 5.74) is 0.539. The second kappa shape index (κ2) is 8.85. The van der Waals surface area contributed by atoms with Crippen LogP contribution in [0.2, 0.25) is 0 Å². The van der Waals surface area contributed by atoms with Gasteiger partial charge >= 0.3 is 0 Å². The molecule has 0 N–H and O–H groups in total. The number of hydrogen-bond donors (Lipinski definition) is 0. The van der Waals surface area contributed by atoms with E-state index < -0.39 is 0 Å². The second-order valence-electron chi connectivity index (χ2n) is 6.38. The first-order valence-electron chi connectivity index (χ1n) is 9.07. The number of amides is 1. The number of rotatable bonds is 7. The van der Waals surface area contributed by atoms with Crippen molar-refractivity contribution in [2.45, 2.75) is 32.3 Å². The lowest BCUT2D eigenvalue weighted by molar-refractivity contribution is 0.0703. The highest BCUT2D eigenvalue weighted by Gasteiger charge is 2.29. The van der Waals surface area contributed by atoms with Crippen molar-refractivity contribution in [3.63, 3.8) is 0 Å². The minimum atomic E-state index is -0.0602. The van der Waals surface area contributed by atoms with Crippen LogP contribution in [-0.2, 0) is 11.3 Å². The van der Waals surface area contributed by atoms with Gasteiger partial charge in [0.25, 0.3) is 11.8 Å². The Hall–Kier alpha value is -2.61. The highest BCUT2D eigenvalue weighted by atomic mass is 16.5. The maximum absolute atomic E-state index is 13.0. The third kappa shape index (κ3) is 4.57. The number of carbonyl (C=O) groups excluding carboxylic acids is 1. The quantitative estimate of drug-likeness (QED) is 0.735. The summed E-state index contributed by atoms with van der Waals surface area (Å²) >= 11 is 0. The van der Waals surface area contributed by atoms with Gasteiger partial charge in [0, 0.05) is 37.2 Å². The summed E-state index contributed by atoms with van der Waals surface area (Å²) in [4.78, 5) is 19.2. The van der Waals surface area contributed by atoms with Crippen molar-refractivity contribution in [3.05, 3.63) is 35.5 Å². The average Bonchev–Trinajstić information content (AvgIpc) is 3.20. The average molecular weight is 375 g/mol. The van der Waals surface area contributed by atoms with Gasteiger partial charge in [0.15, 0.2) is 5.82 Å². The molecule has 1 aliphatic rings. The van der Waals surface area contributed by atoms with E-state index in [1.165, 1.54) is 0 Å². The van der Waals surface area contributed by atoms with Crippen LogP contribution >= 0.6 is 0 Å². The van der Waals surface area contributed by atoms with Crippen molar-refractivity contribution >= 4 is 5.91 Å². The molecule has 8 heteroatoms. The van der Waals surface area contributed by atoms with E-state index in [9.17, 15) is 4.79 Å². The second-order valence-corrected chi connectivity index (χ2v) is 6.38. The Morgan fingerprint density at radius 3 is 2.67 bits per heavy atom. The summed E-state index contributed by atoms with van der Waals surface area (Å²) < 4.78 is 21.1. The molecule has 0 bridgehead atoms. The van der Waals surface area contributed by atoms with Crippen LogP contribution in [0.1, 0.15) is 47.8 Å². The molecule has 1 aromatic carbocycles. The maximum atomic E-state index is 13.0. The van der Waals surface area contributed by atoms with E-state index in [2.05, 4.69) is 10.1 Å². The summed E-state index contributed by atoms with van der Waals surface area (Å²) in [6.45, 7) is 4.05. The number of benzene rings is 1. The summed E-state index contributed by atoms with van der Waals surface area (Å²) in [6, 6.07) is 5.20.